The summed E-state index contributed by atoms with van der Waals surface area (Å²) in [7, 11) is -2.65. The van der Waals surface area contributed by atoms with Gasteiger partial charge in [-0.3, -0.25) is 4.79 Å². The maximum atomic E-state index is 12.9. The summed E-state index contributed by atoms with van der Waals surface area (Å²) in [5.74, 6) is -1.12. The molecular weight excluding hydrogens is 378 g/mol. The molecule has 2 aromatic rings. The van der Waals surface area contributed by atoms with Crippen LogP contribution in [0.4, 0.5) is 10.1 Å². The van der Waals surface area contributed by atoms with Crippen LogP contribution in [0.3, 0.4) is 0 Å². The summed E-state index contributed by atoms with van der Waals surface area (Å²) < 4.78 is 38.4. The van der Waals surface area contributed by atoms with Gasteiger partial charge in [0.2, 0.25) is 15.9 Å². The van der Waals surface area contributed by atoms with Crippen molar-refractivity contribution in [2.75, 3.05) is 18.9 Å². The first-order chi connectivity index (χ1) is 11.2. The van der Waals surface area contributed by atoms with Crippen molar-refractivity contribution in [3.63, 3.8) is 0 Å². The van der Waals surface area contributed by atoms with Crippen LogP contribution >= 0.6 is 23.2 Å². The second kappa shape index (κ2) is 7.48. The topological polar surface area (TPSA) is 66.5 Å². The maximum absolute atomic E-state index is 12.9. The Morgan fingerprint density at radius 1 is 1.12 bits per heavy atom. The molecule has 0 radical (unpaired) electrons. The van der Waals surface area contributed by atoms with E-state index >= 15 is 0 Å². The normalized spacial score (nSPS) is 11.5. The van der Waals surface area contributed by atoms with E-state index in [2.05, 4.69) is 5.32 Å². The molecule has 0 aliphatic heterocycles. The van der Waals surface area contributed by atoms with E-state index in [4.69, 9.17) is 23.2 Å². The standard InChI is InChI=1S/C15H13Cl2FN2O3S/c1-20(24(22,23)14-4-2-12(18)3-5-14)9-15(21)19-13-7-10(16)6-11(17)8-13/h2-8H,9H2,1H3,(H,19,21). The van der Waals surface area contributed by atoms with Crippen molar-refractivity contribution < 1.29 is 17.6 Å². The number of amides is 1. The zero-order chi connectivity index (χ0) is 17.9. The second-order valence-electron chi connectivity index (χ2n) is 4.92. The van der Waals surface area contributed by atoms with Crippen molar-refractivity contribution in [2.24, 2.45) is 0 Å². The SMILES string of the molecule is CN(CC(=O)Nc1cc(Cl)cc(Cl)c1)S(=O)(=O)c1ccc(F)cc1. The molecule has 0 atom stereocenters. The van der Waals surface area contributed by atoms with Crippen LogP contribution in [0.25, 0.3) is 0 Å². The quantitative estimate of drug-likeness (QED) is 0.850. The van der Waals surface area contributed by atoms with E-state index in [9.17, 15) is 17.6 Å². The third kappa shape index (κ3) is 4.67. The Kier molecular flexibility index (Phi) is 5.82. The van der Waals surface area contributed by atoms with Gasteiger partial charge in [-0.1, -0.05) is 23.2 Å². The van der Waals surface area contributed by atoms with Crippen molar-refractivity contribution in [3.8, 4) is 0 Å². The molecule has 0 spiro atoms. The average Bonchev–Trinajstić information content (AvgIpc) is 2.46. The molecule has 1 N–H and O–H groups in total. The van der Waals surface area contributed by atoms with Gasteiger partial charge in [0.1, 0.15) is 5.82 Å². The van der Waals surface area contributed by atoms with Gasteiger partial charge in [0.15, 0.2) is 0 Å². The largest absolute Gasteiger partial charge is 0.325 e. The zero-order valence-corrected chi connectivity index (χ0v) is 14.8. The number of halogens is 3. The molecule has 128 valence electrons. The lowest BCUT2D eigenvalue weighted by Crippen LogP contribution is -2.34. The van der Waals surface area contributed by atoms with E-state index in [0.717, 1.165) is 28.6 Å². The third-order valence-electron chi connectivity index (χ3n) is 3.03. The first kappa shape index (κ1) is 18.7. The van der Waals surface area contributed by atoms with Crippen LogP contribution in [0.1, 0.15) is 0 Å². The van der Waals surface area contributed by atoms with Crippen LogP contribution in [0.15, 0.2) is 47.4 Å². The van der Waals surface area contributed by atoms with Crippen molar-refractivity contribution >= 4 is 44.8 Å². The first-order valence-corrected chi connectivity index (χ1v) is 8.86. The fraction of sp³-hybridized carbons (Fsp3) is 0.133. The fourth-order valence-corrected chi connectivity index (χ4v) is 3.55. The number of carbonyl (C=O) groups is 1. The predicted octanol–water partition coefficient (Wildman–Crippen LogP) is 3.39. The van der Waals surface area contributed by atoms with Crippen LogP contribution in [-0.2, 0) is 14.8 Å². The molecular formula is C15H13Cl2FN2O3S. The van der Waals surface area contributed by atoms with Crippen molar-refractivity contribution in [1.82, 2.24) is 4.31 Å². The van der Waals surface area contributed by atoms with E-state index in [0.29, 0.717) is 15.7 Å². The summed E-state index contributed by atoms with van der Waals surface area (Å²) >= 11 is 11.7. The highest BCUT2D eigenvalue weighted by Crippen LogP contribution is 2.22. The van der Waals surface area contributed by atoms with Crippen LogP contribution in [-0.4, -0.2) is 32.2 Å². The molecule has 1 amide bonds. The number of carbonyl (C=O) groups excluding carboxylic acids is 1. The lowest BCUT2D eigenvalue weighted by atomic mass is 10.3. The Balaban J connectivity index is 2.09. The molecule has 2 rings (SSSR count). The minimum absolute atomic E-state index is 0.106. The van der Waals surface area contributed by atoms with Crippen LogP contribution in [0.5, 0.6) is 0 Å². The molecule has 9 heteroatoms. The Morgan fingerprint density at radius 3 is 2.21 bits per heavy atom. The van der Waals surface area contributed by atoms with Crippen LogP contribution in [0.2, 0.25) is 10.0 Å². The lowest BCUT2D eigenvalue weighted by molar-refractivity contribution is -0.116. The van der Waals surface area contributed by atoms with Crippen LogP contribution < -0.4 is 5.32 Å². The number of nitrogens with zero attached hydrogens (tertiary/aromatic N) is 1. The predicted molar refractivity (Wildman–Crippen MR) is 91.3 cm³/mol. The molecule has 0 saturated heterocycles. The molecule has 0 saturated carbocycles. The number of sulfonamides is 1. The number of nitrogens with one attached hydrogen (secondary N) is 1. The summed E-state index contributed by atoms with van der Waals surface area (Å²) in [5.41, 5.74) is 0.352. The minimum Gasteiger partial charge on any atom is -0.325 e. The molecule has 0 heterocycles. The summed E-state index contributed by atoms with van der Waals surface area (Å²) in [4.78, 5) is 11.9. The highest BCUT2D eigenvalue weighted by Gasteiger charge is 2.23. The molecule has 5 nitrogen and oxygen atoms in total. The van der Waals surface area contributed by atoms with E-state index in [1.165, 1.54) is 25.2 Å². The molecule has 0 unspecified atom stereocenters. The van der Waals surface area contributed by atoms with Gasteiger partial charge in [0.25, 0.3) is 0 Å². The molecule has 0 aliphatic carbocycles. The van der Waals surface area contributed by atoms with Gasteiger partial charge >= 0.3 is 0 Å². The van der Waals surface area contributed by atoms with E-state index in [1.807, 2.05) is 0 Å². The molecule has 0 aromatic heterocycles. The van der Waals surface area contributed by atoms with Gasteiger partial charge in [0, 0.05) is 22.8 Å². The minimum atomic E-state index is -3.91. The van der Waals surface area contributed by atoms with Gasteiger partial charge in [-0.05, 0) is 42.5 Å². The monoisotopic (exact) mass is 390 g/mol. The third-order valence-corrected chi connectivity index (χ3v) is 5.29. The highest BCUT2D eigenvalue weighted by atomic mass is 35.5. The first-order valence-electron chi connectivity index (χ1n) is 6.66. The number of hydrogen-bond acceptors (Lipinski definition) is 3. The van der Waals surface area contributed by atoms with Gasteiger partial charge < -0.3 is 5.32 Å². The molecule has 24 heavy (non-hydrogen) atoms. The van der Waals surface area contributed by atoms with E-state index < -0.39 is 28.3 Å². The Morgan fingerprint density at radius 2 is 1.67 bits per heavy atom. The highest BCUT2D eigenvalue weighted by molar-refractivity contribution is 7.89. The smallest absolute Gasteiger partial charge is 0.243 e. The second-order valence-corrected chi connectivity index (χ2v) is 7.84. The van der Waals surface area contributed by atoms with Crippen molar-refractivity contribution in [3.05, 3.63) is 58.3 Å². The Bertz CT molecular complexity index is 837. The van der Waals surface area contributed by atoms with Gasteiger partial charge in [-0.2, -0.15) is 4.31 Å². The number of likely N-dealkylation sites (N-methyl/N-ethyl adjacent to an activating group) is 1. The zero-order valence-electron chi connectivity index (χ0n) is 12.5. The number of rotatable bonds is 5. The maximum Gasteiger partial charge on any atom is 0.243 e. The summed E-state index contributed by atoms with van der Waals surface area (Å²) in [6.07, 6.45) is 0. The van der Waals surface area contributed by atoms with Crippen molar-refractivity contribution in [1.29, 1.82) is 0 Å². The van der Waals surface area contributed by atoms with E-state index in [1.54, 1.807) is 0 Å². The van der Waals surface area contributed by atoms with Gasteiger partial charge in [-0.15, -0.1) is 0 Å². The Labute approximate surface area is 149 Å². The Hall–Kier alpha value is -1.67. The molecule has 0 bridgehead atoms. The van der Waals surface area contributed by atoms with Crippen molar-refractivity contribution in [2.45, 2.75) is 4.90 Å². The van der Waals surface area contributed by atoms with Gasteiger partial charge in [0.05, 0.1) is 11.4 Å². The summed E-state index contributed by atoms with van der Waals surface area (Å²) in [6.45, 7) is -0.427. The average molecular weight is 391 g/mol. The number of anilines is 1. The summed E-state index contributed by atoms with van der Waals surface area (Å²) in [6, 6.07) is 8.82. The van der Waals surface area contributed by atoms with Crippen LogP contribution in [0, 0.1) is 5.82 Å². The van der Waals surface area contributed by atoms with E-state index in [-0.39, 0.29) is 4.90 Å². The lowest BCUT2D eigenvalue weighted by Gasteiger charge is -2.17. The number of benzene rings is 2. The fourth-order valence-electron chi connectivity index (χ4n) is 1.90. The number of hydrogen-bond donors (Lipinski definition) is 1. The molecule has 0 aliphatic rings. The molecule has 0 fully saturated rings. The molecule has 2 aromatic carbocycles. The summed E-state index contributed by atoms with van der Waals surface area (Å²) in [5, 5.41) is 3.19. The van der Waals surface area contributed by atoms with Gasteiger partial charge in [-0.25, -0.2) is 12.8 Å².